The minimum absolute atomic E-state index is 0.0814. The van der Waals surface area contributed by atoms with Crippen LogP contribution in [-0.2, 0) is 17.8 Å². The van der Waals surface area contributed by atoms with Crippen LogP contribution >= 0.6 is 10.5 Å². The lowest BCUT2D eigenvalue weighted by atomic mass is 9.73. The monoisotopic (exact) mass is 499 g/mol. The van der Waals surface area contributed by atoms with E-state index in [0.29, 0.717) is 6.61 Å². The van der Waals surface area contributed by atoms with Crippen molar-refractivity contribution in [1.82, 2.24) is 0 Å². The summed E-state index contributed by atoms with van der Waals surface area (Å²) in [6.07, 6.45) is 8.90. The second-order valence-electron chi connectivity index (χ2n) is 10.0. The largest absolute Gasteiger partial charge is 0.392 e. The maximum Gasteiger partial charge on any atom is 0.0713 e. The Bertz CT molecular complexity index is 886. The quantitative estimate of drug-likeness (QED) is 0.340. The Labute approximate surface area is 217 Å². The predicted molar refractivity (Wildman–Crippen MR) is 156 cm³/mol. The molecule has 0 fully saturated rings. The van der Waals surface area contributed by atoms with Gasteiger partial charge in [-0.25, -0.2) is 0 Å². The summed E-state index contributed by atoms with van der Waals surface area (Å²) >= 11 is 0. The first kappa shape index (κ1) is 29.6. The molecule has 0 aliphatic carbocycles. The van der Waals surface area contributed by atoms with Crippen LogP contribution < -0.4 is 4.90 Å². The number of ether oxygens (including phenoxy) is 1. The number of fused-ring (bicyclic) bond motifs is 1. The molecule has 3 nitrogen and oxygen atoms in total. The summed E-state index contributed by atoms with van der Waals surface area (Å²) in [6, 6.07) is 17.0. The van der Waals surface area contributed by atoms with Crippen LogP contribution in [0.1, 0.15) is 76.8 Å². The molecule has 1 aliphatic heterocycles. The summed E-state index contributed by atoms with van der Waals surface area (Å²) in [4.78, 5) is 3.65. The molecule has 2 atom stereocenters. The zero-order valence-electron chi connectivity index (χ0n) is 23.1. The summed E-state index contributed by atoms with van der Waals surface area (Å²) in [5.74, 6) is 1.14. The van der Waals surface area contributed by atoms with Gasteiger partial charge >= 0.3 is 0 Å². The van der Waals surface area contributed by atoms with Crippen molar-refractivity contribution in [3.8, 4) is 0 Å². The molecule has 0 aromatic heterocycles. The third kappa shape index (κ3) is 8.77. The second-order valence-corrected chi connectivity index (χ2v) is 12.0. The van der Waals surface area contributed by atoms with Gasteiger partial charge in [0.25, 0.3) is 0 Å². The first-order valence-electron chi connectivity index (χ1n) is 13.4. The van der Waals surface area contributed by atoms with Gasteiger partial charge in [-0.2, -0.15) is 10.5 Å². The summed E-state index contributed by atoms with van der Waals surface area (Å²) in [7, 11) is 6.04. The van der Waals surface area contributed by atoms with Gasteiger partial charge in [0.05, 0.1) is 12.7 Å². The van der Waals surface area contributed by atoms with Gasteiger partial charge < -0.3 is 14.7 Å². The molecule has 0 saturated heterocycles. The molecule has 2 aromatic carbocycles. The predicted octanol–water partition coefficient (Wildman–Crippen LogP) is 7.71. The lowest BCUT2D eigenvalue weighted by molar-refractivity contribution is 0.0259. The first-order chi connectivity index (χ1) is 16.9. The van der Waals surface area contributed by atoms with E-state index < -0.39 is 0 Å². The van der Waals surface area contributed by atoms with E-state index in [-0.39, 0.29) is 22.0 Å². The molecule has 0 radical (unpaired) electrons. The summed E-state index contributed by atoms with van der Waals surface area (Å²) in [5, 5.41) is 13.9. The molecule has 2 aromatic rings. The zero-order chi connectivity index (χ0) is 25.7. The number of hydrogen-bond acceptors (Lipinski definition) is 3. The molecule has 1 heterocycles. The molecule has 3 rings (SSSR count). The molecule has 1 aliphatic rings. The van der Waals surface area contributed by atoms with Crippen molar-refractivity contribution < 1.29 is 9.84 Å². The van der Waals surface area contributed by atoms with E-state index >= 15 is 0 Å². The van der Waals surface area contributed by atoms with Crippen molar-refractivity contribution in [2.45, 2.75) is 89.7 Å². The SMILES string of the molecule is CC/C=S1/CC(CCCC)(CCCC)C(O)Cc2cc(N(C)C)ccc21.COCc1ccccc1. The Kier molecular flexibility index (Phi) is 13.1. The fourth-order valence-corrected chi connectivity index (χ4v) is 7.60. The molecule has 4 heteroatoms. The molecule has 1 N–H and O–H groups in total. The number of rotatable bonds is 10. The van der Waals surface area contributed by atoms with Crippen molar-refractivity contribution >= 4 is 21.5 Å². The van der Waals surface area contributed by atoms with Gasteiger partial charge in [0, 0.05) is 49.4 Å². The van der Waals surface area contributed by atoms with E-state index in [1.165, 1.54) is 60.2 Å². The highest BCUT2D eigenvalue weighted by Crippen LogP contribution is 2.48. The Balaban J connectivity index is 0.000000402. The summed E-state index contributed by atoms with van der Waals surface area (Å²) in [5.41, 5.74) is 3.91. The molecule has 0 bridgehead atoms. The molecule has 2 unspecified atom stereocenters. The Morgan fingerprint density at radius 2 is 1.69 bits per heavy atom. The molecule has 0 spiro atoms. The Morgan fingerprint density at radius 1 is 1.03 bits per heavy atom. The number of benzene rings is 2. The number of unbranched alkanes of at least 4 members (excludes halogenated alkanes) is 2. The average Bonchev–Trinajstić information content (AvgIpc) is 2.97. The lowest BCUT2D eigenvalue weighted by Crippen LogP contribution is -2.38. The third-order valence-electron chi connectivity index (χ3n) is 6.98. The van der Waals surface area contributed by atoms with Crippen LogP contribution in [0.15, 0.2) is 53.4 Å². The van der Waals surface area contributed by atoms with Crippen LogP contribution in [-0.4, -0.2) is 43.5 Å². The van der Waals surface area contributed by atoms with Crippen molar-refractivity contribution in [3.63, 3.8) is 0 Å². The van der Waals surface area contributed by atoms with Gasteiger partial charge in [-0.05, 0) is 48.6 Å². The number of aliphatic hydroxyl groups is 1. The normalized spacial score (nSPS) is 18.8. The number of anilines is 1. The van der Waals surface area contributed by atoms with E-state index in [1.54, 1.807) is 7.11 Å². The molecule has 0 saturated carbocycles. The van der Waals surface area contributed by atoms with Crippen LogP contribution in [0.25, 0.3) is 0 Å². The third-order valence-corrected chi connectivity index (χ3v) is 9.57. The van der Waals surface area contributed by atoms with Crippen molar-refractivity contribution in [2.75, 3.05) is 31.9 Å². The van der Waals surface area contributed by atoms with E-state index in [0.717, 1.165) is 18.6 Å². The van der Waals surface area contributed by atoms with Gasteiger partial charge in [-0.1, -0.05) is 82.2 Å². The van der Waals surface area contributed by atoms with E-state index in [4.69, 9.17) is 4.74 Å². The number of aliphatic hydroxyl groups excluding tert-OH is 1. The van der Waals surface area contributed by atoms with Crippen LogP contribution in [0.4, 0.5) is 5.69 Å². The highest BCUT2D eigenvalue weighted by Gasteiger charge is 2.40. The topological polar surface area (TPSA) is 32.7 Å². The Morgan fingerprint density at radius 3 is 2.23 bits per heavy atom. The van der Waals surface area contributed by atoms with E-state index in [1.807, 2.05) is 30.3 Å². The van der Waals surface area contributed by atoms with Gasteiger partial charge in [0.15, 0.2) is 0 Å². The van der Waals surface area contributed by atoms with Gasteiger partial charge in [-0.15, -0.1) is 0 Å². The number of nitrogens with zero attached hydrogens (tertiary/aromatic N) is 1. The smallest absolute Gasteiger partial charge is 0.0713 e. The van der Waals surface area contributed by atoms with Gasteiger partial charge in [0.1, 0.15) is 0 Å². The first-order valence-corrected chi connectivity index (χ1v) is 14.9. The van der Waals surface area contributed by atoms with Gasteiger partial charge in [0.2, 0.25) is 0 Å². The molecular weight excluding hydrogens is 450 g/mol. The maximum absolute atomic E-state index is 11.4. The average molecular weight is 500 g/mol. The van der Waals surface area contributed by atoms with Crippen molar-refractivity contribution in [2.24, 2.45) is 5.41 Å². The highest BCUT2D eigenvalue weighted by atomic mass is 32.2. The highest BCUT2D eigenvalue weighted by molar-refractivity contribution is 8.15. The fraction of sp³-hybridized carbons (Fsp3) is 0.581. The van der Waals surface area contributed by atoms with Crippen molar-refractivity contribution in [3.05, 3.63) is 59.7 Å². The minimum Gasteiger partial charge on any atom is -0.392 e. The number of hydrogen-bond donors (Lipinski definition) is 1. The second kappa shape index (κ2) is 15.5. The Hall–Kier alpha value is -1.62. The maximum atomic E-state index is 11.4. The molecule has 35 heavy (non-hydrogen) atoms. The standard InChI is InChI=1S/C23H39NOS.C8H10O/c1-6-9-13-23(14-10-7-2)18-26(15-8-3)21-12-11-20(24(4)5)16-19(21)17-22(23)25;1-9-7-8-5-3-2-4-6-8/h11-12,15-16,22,25H,6-10,13-14,17-18H2,1-5H3;2-6H,7H2,1H3. The van der Waals surface area contributed by atoms with Gasteiger partial charge in [-0.3, -0.25) is 0 Å². The fourth-order valence-electron chi connectivity index (χ4n) is 4.92. The van der Waals surface area contributed by atoms with E-state index in [2.05, 4.69) is 63.3 Å². The summed E-state index contributed by atoms with van der Waals surface area (Å²) < 4.78 is 4.93. The molecule has 0 amide bonds. The zero-order valence-corrected chi connectivity index (χ0v) is 23.9. The number of methoxy groups -OCH3 is 1. The molecular formula is C31H49NO2S. The van der Waals surface area contributed by atoms with E-state index in [9.17, 15) is 5.11 Å². The van der Waals surface area contributed by atoms with Crippen molar-refractivity contribution in [1.29, 1.82) is 0 Å². The lowest BCUT2D eigenvalue weighted by Gasteiger charge is -2.38. The summed E-state index contributed by atoms with van der Waals surface area (Å²) in [6.45, 7) is 7.50. The van der Waals surface area contributed by atoms with Crippen LogP contribution in [0, 0.1) is 5.41 Å². The molecule has 196 valence electrons. The minimum atomic E-state index is -0.223. The van der Waals surface area contributed by atoms with Crippen LogP contribution in [0.3, 0.4) is 0 Å². The van der Waals surface area contributed by atoms with Crippen LogP contribution in [0.2, 0.25) is 0 Å². The van der Waals surface area contributed by atoms with Crippen LogP contribution in [0.5, 0.6) is 0 Å².